The fourth-order valence-electron chi connectivity index (χ4n) is 1.44. The van der Waals surface area contributed by atoms with Crippen molar-refractivity contribution in [1.82, 2.24) is 0 Å². The lowest BCUT2D eigenvalue weighted by molar-refractivity contribution is 0.100. The van der Waals surface area contributed by atoms with Crippen molar-refractivity contribution in [3.63, 3.8) is 0 Å². The zero-order valence-electron chi connectivity index (χ0n) is 10.2. The molecule has 1 rings (SSSR count). The number of benzene rings is 1. The standard InChI is InChI=1S/C12H17ClN2O2S/c1-8(5-14)6-18(17)7-10-3-2-9(12(15)16)4-11(10)13/h2-4,8H,5-7,14H2,1H3,(H2,15,16). The third-order valence-electron chi connectivity index (χ3n) is 2.53. The SMILES string of the molecule is CC(CN)CS(=O)Cc1ccc(C(N)=O)cc1Cl. The molecular formula is C12H17ClN2O2S. The number of nitrogens with two attached hydrogens (primary N) is 2. The lowest BCUT2D eigenvalue weighted by Gasteiger charge is -2.09. The van der Waals surface area contributed by atoms with Gasteiger partial charge in [-0.1, -0.05) is 24.6 Å². The summed E-state index contributed by atoms with van der Waals surface area (Å²) < 4.78 is 11.9. The molecule has 1 amide bonds. The van der Waals surface area contributed by atoms with Crippen LogP contribution in [0.3, 0.4) is 0 Å². The second-order valence-electron chi connectivity index (χ2n) is 4.26. The van der Waals surface area contributed by atoms with Crippen molar-refractivity contribution in [2.45, 2.75) is 12.7 Å². The van der Waals surface area contributed by atoms with Crippen LogP contribution in [-0.4, -0.2) is 22.4 Å². The van der Waals surface area contributed by atoms with Crippen LogP contribution in [0.15, 0.2) is 18.2 Å². The lowest BCUT2D eigenvalue weighted by atomic mass is 10.1. The molecule has 2 unspecified atom stereocenters. The first kappa shape index (κ1) is 15.1. The Labute approximate surface area is 114 Å². The van der Waals surface area contributed by atoms with Gasteiger partial charge in [-0.05, 0) is 30.2 Å². The highest BCUT2D eigenvalue weighted by molar-refractivity contribution is 7.84. The minimum atomic E-state index is -1.01. The second kappa shape index (κ2) is 6.87. The van der Waals surface area contributed by atoms with Crippen molar-refractivity contribution in [1.29, 1.82) is 0 Å². The van der Waals surface area contributed by atoms with E-state index in [9.17, 15) is 9.00 Å². The summed E-state index contributed by atoms with van der Waals surface area (Å²) in [6.07, 6.45) is 0. The molecule has 4 nitrogen and oxygen atoms in total. The van der Waals surface area contributed by atoms with Crippen molar-refractivity contribution >= 4 is 28.3 Å². The number of rotatable bonds is 6. The molecule has 0 saturated carbocycles. The van der Waals surface area contributed by atoms with Crippen LogP contribution in [0, 0.1) is 5.92 Å². The summed E-state index contributed by atoms with van der Waals surface area (Å²) in [7, 11) is -1.01. The van der Waals surface area contributed by atoms with Crippen LogP contribution in [-0.2, 0) is 16.6 Å². The van der Waals surface area contributed by atoms with E-state index in [1.807, 2.05) is 6.92 Å². The average Bonchev–Trinajstić information content (AvgIpc) is 2.31. The molecule has 0 heterocycles. The number of carbonyl (C=O) groups excluding carboxylic acids is 1. The Morgan fingerprint density at radius 1 is 1.50 bits per heavy atom. The zero-order valence-corrected chi connectivity index (χ0v) is 11.8. The van der Waals surface area contributed by atoms with Gasteiger partial charge in [-0.15, -0.1) is 0 Å². The molecule has 1 aromatic rings. The molecule has 100 valence electrons. The van der Waals surface area contributed by atoms with E-state index in [0.717, 1.165) is 5.56 Å². The average molecular weight is 289 g/mol. The Hall–Kier alpha value is -0.910. The molecule has 6 heteroatoms. The van der Waals surface area contributed by atoms with Gasteiger partial charge in [0.25, 0.3) is 0 Å². The Kier molecular flexibility index (Phi) is 5.78. The minimum Gasteiger partial charge on any atom is -0.366 e. The Morgan fingerprint density at radius 2 is 2.17 bits per heavy atom. The summed E-state index contributed by atoms with van der Waals surface area (Å²) in [6, 6.07) is 4.78. The normalized spacial score (nSPS) is 14.2. The maximum Gasteiger partial charge on any atom is 0.248 e. The molecule has 0 aliphatic heterocycles. The highest BCUT2D eigenvalue weighted by Crippen LogP contribution is 2.19. The van der Waals surface area contributed by atoms with Gasteiger partial charge in [0.1, 0.15) is 0 Å². The molecule has 0 fully saturated rings. The number of hydrogen-bond acceptors (Lipinski definition) is 3. The van der Waals surface area contributed by atoms with Gasteiger partial charge in [0.05, 0.1) is 5.75 Å². The molecule has 0 radical (unpaired) electrons. The van der Waals surface area contributed by atoms with Crippen LogP contribution in [0.2, 0.25) is 5.02 Å². The topological polar surface area (TPSA) is 86.2 Å². The van der Waals surface area contributed by atoms with Gasteiger partial charge in [0, 0.05) is 27.1 Å². The molecule has 1 aromatic carbocycles. The van der Waals surface area contributed by atoms with E-state index in [2.05, 4.69) is 0 Å². The Bertz CT molecular complexity index is 465. The van der Waals surface area contributed by atoms with E-state index in [1.54, 1.807) is 12.1 Å². The van der Waals surface area contributed by atoms with E-state index in [1.165, 1.54) is 6.07 Å². The van der Waals surface area contributed by atoms with Gasteiger partial charge in [0.2, 0.25) is 5.91 Å². The van der Waals surface area contributed by atoms with E-state index in [4.69, 9.17) is 23.1 Å². The van der Waals surface area contributed by atoms with Gasteiger partial charge in [-0.2, -0.15) is 0 Å². The van der Waals surface area contributed by atoms with E-state index >= 15 is 0 Å². The smallest absolute Gasteiger partial charge is 0.248 e. The van der Waals surface area contributed by atoms with E-state index in [-0.39, 0.29) is 5.92 Å². The molecule has 18 heavy (non-hydrogen) atoms. The molecule has 2 atom stereocenters. The number of halogens is 1. The molecule has 0 aliphatic carbocycles. The molecule has 0 aromatic heterocycles. The van der Waals surface area contributed by atoms with Crippen LogP contribution in [0.5, 0.6) is 0 Å². The molecule has 0 saturated heterocycles. The third kappa shape index (κ3) is 4.40. The lowest BCUT2D eigenvalue weighted by Crippen LogP contribution is -2.18. The van der Waals surface area contributed by atoms with Crippen molar-refractivity contribution in [2.75, 3.05) is 12.3 Å². The third-order valence-corrected chi connectivity index (χ3v) is 4.45. The molecule has 0 spiro atoms. The predicted octanol–water partition coefficient (Wildman–Crippen LogP) is 1.28. The van der Waals surface area contributed by atoms with Crippen LogP contribution in [0.25, 0.3) is 0 Å². The summed E-state index contributed by atoms with van der Waals surface area (Å²) >= 11 is 6.02. The van der Waals surface area contributed by atoms with Gasteiger partial charge >= 0.3 is 0 Å². The van der Waals surface area contributed by atoms with Gasteiger partial charge in [0.15, 0.2) is 0 Å². The number of carbonyl (C=O) groups is 1. The van der Waals surface area contributed by atoms with Crippen LogP contribution in [0.1, 0.15) is 22.8 Å². The van der Waals surface area contributed by atoms with Crippen LogP contribution in [0.4, 0.5) is 0 Å². The second-order valence-corrected chi connectivity index (χ2v) is 6.17. The van der Waals surface area contributed by atoms with Gasteiger partial charge < -0.3 is 11.5 Å². The molecule has 0 bridgehead atoms. The van der Waals surface area contributed by atoms with Crippen molar-refractivity contribution in [3.8, 4) is 0 Å². The fraction of sp³-hybridized carbons (Fsp3) is 0.417. The zero-order chi connectivity index (χ0) is 13.7. The predicted molar refractivity (Wildman–Crippen MR) is 74.9 cm³/mol. The Morgan fingerprint density at radius 3 is 2.67 bits per heavy atom. The van der Waals surface area contributed by atoms with E-state index in [0.29, 0.717) is 28.6 Å². The first-order valence-corrected chi connectivity index (χ1v) is 7.44. The summed E-state index contributed by atoms with van der Waals surface area (Å²) in [6.45, 7) is 2.47. The van der Waals surface area contributed by atoms with Crippen LogP contribution < -0.4 is 11.5 Å². The van der Waals surface area contributed by atoms with Crippen molar-refractivity contribution in [3.05, 3.63) is 34.3 Å². The van der Waals surface area contributed by atoms with Crippen LogP contribution >= 0.6 is 11.6 Å². The summed E-state index contributed by atoms with van der Waals surface area (Å²) in [5.74, 6) is 0.600. The van der Waals surface area contributed by atoms with Crippen molar-refractivity contribution < 1.29 is 9.00 Å². The number of hydrogen-bond donors (Lipinski definition) is 2. The molecule has 4 N–H and O–H groups in total. The molecule has 0 aliphatic rings. The maximum atomic E-state index is 11.9. The highest BCUT2D eigenvalue weighted by Gasteiger charge is 2.11. The summed E-state index contributed by atoms with van der Waals surface area (Å²) in [5.41, 5.74) is 11.7. The highest BCUT2D eigenvalue weighted by atomic mass is 35.5. The van der Waals surface area contributed by atoms with E-state index < -0.39 is 16.7 Å². The Balaban J connectivity index is 2.74. The van der Waals surface area contributed by atoms with Gasteiger partial charge in [-0.3, -0.25) is 9.00 Å². The minimum absolute atomic E-state index is 0.217. The fourth-order valence-corrected chi connectivity index (χ4v) is 3.25. The number of amides is 1. The quantitative estimate of drug-likeness (QED) is 0.827. The maximum absolute atomic E-state index is 11.9. The largest absolute Gasteiger partial charge is 0.366 e. The summed E-state index contributed by atoms with van der Waals surface area (Å²) in [4.78, 5) is 11.0. The monoisotopic (exact) mass is 288 g/mol. The first-order valence-electron chi connectivity index (χ1n) is 5.57. The summed E-state index contributed by atoms with van der Waals surface area (Å²) in [5, 5.41) is 0.417. The number of primary amides is 1. The van der Waals surface area contributed by atoms with Crippen molar-refractivity contribution in [2.24, 2.45) is 17.4 Å². The van der Waals surface area contributed by atoms with Gasteiger partial charge in [-0.25, -0.2) is 0 Å². The molecular weight excluding hydrogens is 272 g/mol. The first-order chi connectivity index (χ1) is 8.43.